The molecule has 0 aromatic heterocycles. The highest BCUT2D eigenvalue weighted by Crippen LogP contribution is 2.44. The van der Waals surface area contributed by atoms with Crippen molar-refractivity contribution in [3.05, 3.63) is 33.5 Å². The molecule has 36 heavy (non-hydrogen) atoms. The van der Waals surface area contributed by atoms with Crippen LogP contribution >= 0.6 is 0 Å². The minimum absolute atomic E-state index is 0.0142. The summed E-state index contributed by atoms with van der Waals surface area (Å²) in [6, 6.07) is 2.57. The Morgan fingerprint density at radius 1 is 0.667 bits per heavy atom. The van der Waals surface area contributed by atoms with Crippen molar-refractivity contribution in [1.29, 1.82) is 0 Å². The van der Waals surface area contributed by atoms with E-state index in [0.717, 1.165) is 0 Å². The Hall–Kier alpha value is -4.55. The number of phenolic OH excluding ortho intramolecular Hbond substituents is 3. The summed E-state index contributed by atoms with van der Waals surface area (Å²) in [6.07, 6.45) is -1.36. The van der Waals surface area contributed by atoms with E-state index in [1.165, 1.54) is 12.1 Å². The van der Waals surface area contributed by atoms with Crippen LogP contribution in [0, 0.1) is 0 Å². The second-order valence-electron chi connectivity index (χ2n) is 7.84. The van der Waals surface area contributed by atoms with E-state index in [2.05, 4.69) is 10.6 Å². The van der Waals surface area contributed by atoms with E-state index >= 15 is 0 Å². The topological polar surface area (TPSA) is 231 Å². The molecule has 13 heteroatoms. The fraction of sp³-hybridized carbons (Fsp3) is 0.348. The van der Waals surface area contributed by atoms with Crippen LogP contribution in [0.15, 0.2) is 16.9 Å². The maximum absolute atomic E-state index is 12.9. The molecule has 0 aliphatic heterocycles. The standard InChI is InChI=1S/C23H26N2O11/c26-14(24-9-7-16(28)29)5-2-11-1-3-12-13(4-6-15(27)25-10-8-17(30)31)20(33)23(36)22(35)18(12)21(34)19(11)32/h1,3,33,35-36H,2,4-10H2,(H,24,26)(H,25,27)(H,28,29)(H,30,31)(H,32,34). The molecule has 194 valence electrons. The number of carboxylic acids is 2. The van der Waals surface area contributed by atoms with Gasteiger partial charge in [0.15, 0.2) is 17.2 Å². The number of amides is 2. The molecule has 0 atom stereocenters. The molecule has 8 N–H and O–H groups in total. The van der Waals surface area contributed by atoms with Gasteiger partial charge in [-0.15, -0.1) is 0 Å². The number of carboxylic acid groups (broad SMARTS) is 2. The zero-order valence-corrected chi connectivity index (χ0v) is 19.0. The normalized spacial score (nSPS) is 10.7. The molecule has 0 aliphatic rings. The molecule has 0 saturated carbocycles. The van der Waals surface area contributed by atoms with Gasteiger partial charge in [0.05, 0.1) is 18.2 Å². The minimum atomic E-state index is -1.11. The molecule has 0 aliphatic carbocycles. The van der Waals surface area contributed by atoms with Crippen molar-refractivity contribution >= 4 is 34.5 Å². The van der Waals surface area contributed by atoms with Crippen molar-refractivity contribution in [1.82, 2.24) is 10.6 Å². The molecular weight excluding hydrogens is 480 g/mol. The van der Waals surface area contributed by atoms with Crippen LogP contribution in [0.25, 0.3) is 10.8 Å². The molecule has 0 unspecified atom stereocenters. The van der Waals surface area contributed by atoms with E-state index in [9.17, 15) is 44.4 Å². The van der Waals surface area contributed by atoms with Gasteiger partial charge < -0.3 is 41.3 Å². The molecule has 0 spiro atoms. The van der Waals surface area contributed by atoms with Crippen molar-refractivity contribution in [3.8, 4) is 23.0 Å². The number of fused-ring (bicyclic) bond motifs is 1. The summed E-state index contributed by atoms with van der Waals surface area (Å²) in [6.45, 7) is -0.221. The first-order chi connectivity index (χ1) is 16.9. The molecule has 0 heterocycles. The van der Waals surface area contributed by atoms with Gasteiger partial charge in [-0.3, -0.25) is 24.0 Å². The number of hydrogen-bond donors (Lipinski definition) is 8. The SMILES string of the molecule is O=C(O)CCNC(=O)CCc1ccc2c(CCC(=O)NCCC(=O)O)c(O)c(O)c(O)c2c(=O)c1O. The second kappa shape index (κ2) is 12.2. The third-order valence-corrected chi connectivity index (χ3v) is 5.31. The van der Waals surface area contributed by atoms with Crippen molar-refractivity contribution in [2.24, 2.45) is 0 Å². The molecule has 2 rings (SSSR count). The van der Waals surface area contributed by atoms with Gasteiger partial charge in [0.25, 0.3) is 0 Å². The highest BCUT2D eigenvalue weighted by molar-refractivity contribution is 5.96. The van der Waals surface area contributed by atoms with Gasteiger partial charge in [0.1, 0.15) is 0 Å². The van der Waals surface area contributed by atoms with Gasteiger partial charge in [-0.1, -0.05) is 12.1 Å². The Morgan fingerprint density at radius 3 is 1.72 bits per heavy atom. The lowest BCUT2D eigenvalue weighted by Gasteiger charge is -2.11. The number of hydrogen-bond acceptors (Lipinski definition) is 9. The Balaban J connectivity index is 2.36. The summed E-state index contributed by atoms with van der Waals surface area (Å²) in [5, 5.41) is 62.7. The van der Waals surface area contributed by atoms with Crippen molar-refractivity contribution in [2.45, 2.75) is 38.5 Å². The highest BCUT2D eigenvalue weighted by atomic mass is 16.4. The van der Waals surface area contributed by atoms with Crippen LogP contribution in [-0.2, 0) is 32.0 Å². The largest absolute Gasteiger partial charge is 0.504 e. The van der Waals surface area contributed by atoms with Gasteiger partial charge in [-0.25, -0.2) is 0 Å². The molecule has 0 radical (unpaired) electrons. The lowest BCUT2D eigenvalue weighted by molar-refractivity contribution is -0.138. The van der Waals surface area contributed by atoms with Gasteiger partial charge in [-0.2, -0.15) is 0 Å². The quantitative estimate of drug-likeness (QED) is 0.179. The predicted octanol–water partition coefficient (Wildman–Crippen LogP) is 0.0694. The Kier molecular flexibility index (Phi) is 9.42. The minimum Gasteiger partial charge on any atom is -0.504 e. The summed E-state index contributed by atoms with van der Waals surface area (Å²) in [5.41, 5.74) is -1.14. The van der Waals surface area contributed by atoms with Crippen LogP contribution < -0.4 is 16.1 Å². The molecule has 0 bridgehead atoms. The molecule has 13 nitrogen and oxygen atoms in total. The summed E-state index contributed by atoms with van der Waals surface area (Å²) in [7, 11) is 0. The Bertz CT molecular complexity index is 1260. The maximum atomic E-state index is 12.9. The highest BCUT2D eigenvalue weighted by Gasteiger charge is 2.22. The van der Waals surface area contributed by atoms with Crippen LogP contribution in [0.2, 0.25) is 0 Å². The number of aryl methyl sites for hydroxylation is 2. The average molecular weight is 506 g/mol. The maximum Gasteiger partial charge on any atom is 0.305 e. The van der Waals surface area contributed by atoms with Crippen LogP contribution in [0.5, 0.6) is 23.0 Å². The zero-order chi connectivity index (χ0) is 27.0. The first-order valence-corrected chi connectivity index (χ1v) is 10.9. The lowest BCUT2D eigenvalue weighted by Crippen LogP contribution is -2.26. The van der Waals surface area contributed by atoms with Crippen LogP contribution in [0.1, 0.15) is 36.8 Å². The van der Waals surface area contributed by atoms with E-state index in [4.69, 9.17) is 10.2 Å². The number of phenols is 3. The lowest BCUT2D eigenvalue weighted by atomic mass is 9.99. The second-order valence-corrected chi connectivity index (χ2v) is 7.84. The predicted molar refractivity (Wildman–Crippen MR) is 124 cm³/mol. The number of nitrogens with one attached hydrogen (secondary N) is 2. The van der Waals surface area contributed by atoms with E-state index in [0.29, 0.717) is 0 Å². The van der Waals surface area contributed by atoms with Crippen molar-refractivity contribution in [2.75, 3.05) is 13.1 Å². The van der Waals surface area contributed by atoms with E-state index < -0.39 is 57.6 Å². The molecule has 0 fully saturated rings. The molecular formula is C23H26N2O11. The van der Waals surface area contributed by atoms with Gasteiger partial charge in [0, 0.05) is 31.5 Å². The van der Waals surface area contributed by atoms with E-state index in [-0.39, 0.29) is 68.1 Å². The molecule has 2 amide bonds. The summed E-state index contributed by atoms with van der Waals surface area (Å²) < 4.78 is 0. The first kappa shape index (κ1) is 27.7. The summed E-state index contributed by atoms with van der Waals surface area (Å²) in [5.74, 6) is -6.86. The molecule has 0 saturated heterocycles. The number of benzene rings is 1. The monoisotopic (exact) mass is 506 g/mol. The zero-order valence-electron chi connectivity index (χ0n) is 19.0. The van der Waals surface area contributed by atoms with Crippen LogP contribution in [0.4, 0.5) is 0 Å². The third kappa shape index (κ3) is 6.98. The van der Waals surface area contributed by atoms with Gasteiger partial charge >= 0.3 is 11.9 Å². The average Bonchev–Trinajstić information content (AvgIpc) is 2.92. The molecule has 2 aromatic rings. The van der Waals surface area contributed by atoms with Crippen molar-refractivity contribution in [3.63, 3.8) is 0 Å². The first-order valence-electron chi connectivity index (χ1n) is 10.9. The third-order valence-electron chi connectivity index (χ3n) is 5.31. The fourth-order valence-corrected chi connectivity index (χ4v) is 3.46. The van der Waals surface area contributed by atoms with E-state index in [1.54, 1.807) is 0 Å². The number of aliphatic carboxylic acids is 2. The van der Waals surface area contributed by atoms with Crippen molar-refractivity contribution < 1.29 is 49.8 Å². The summed E-state index contributed by atoms with van der Waals surface area (Å²) >= 11 is 0. The summed E-state index contributed by atoms with van der Waals surface area (Å²) in [4.78, 5) is 58.0. The van der Waals surface area contributed by atoms with Gasteiger partial charge in [0.2, 0.25) is 23.0 Å². The fourth-order valence-electron chi connectivity index (χ4n) is 3.46. The van der Waals surface area contributed by atoms with E-state index in [1.807, 2.05) is 0 Å². The van der Waals surface area contributed by atoms with Crippen LogP contribution in [-0.4, -0.2) is 67.5 Å². The Labute approximate surface area is 203 Å². The Morgan fingerprint density at radius 2 is 1.19 bits per heavy atom. The number of aromatic hydroxyl groups is 4. The number of rotatable bonds is 12. The number of carbonyl (C=O) groups is 4. The number of carbonyl (C=O) groups excluding carboxylic acids is 2. The smallest absolute Gasteiger partial charge is 0.305 e. The van der Waals surface area contributed by atoms with Crippen LogP contribution in [0.3, 0.4) is 0 Å². The van der Waals surface area contributed by atoms with Gasteiger partial charge in [-0.05, 0) is 23.8 Å². The molecule has 2 aromatic carbocycles.